The van der Waals surface area contributed by atoms with Crippen molar-refractivity contribution in [3.05, 3.63) is 23.5 Å². The van der Waals surface area contributed by atoms with Crippen LogP contribution >= 0.6 is 0 Å². The quantitative estimate of drug-likeness (QED) is 0.877. The third kappa shape index (κ3) is 3.46. The summed E-state index contributed by atoms with van der Waals surface area (Å²) in [6.07, 6.45) is 5.80. The summed E-state index contributed by atoms with van der Waals surface area (Å²) in [4.78, 5) is 16.3. The van der Waals surface area contributed by atoms with Crippen molar-refractivity contribution in [3.8, 4) is 5.88 Å². The van der Waals surface area contributed by atoms with Crippen LogP contribution in [0.4, 0.5) is 0 Å². The number of carbonyl (C=O) groups is 1. The van der Waals surface area contributed by atoms with Crippen molar-refractivity contribution < 1.29 is 14.6 Å². The zero-order chi connectivity index (χ0) is 16.4. The van der Waals surface area contributed by atoms with E-state index in [1.165, 1.54) is 30.2 Å². The number of hydrogen-bond donors (Lipinski definition) is 1. The summed E-state index contributed by atoms with van der Waals surface area (Å²) in [5, 5.41) is 14.2. The lowest BCUT2D eigenvalue weighted by Gasteiger charge is -2.25. The molecule has 6 nitrogen and oxygen atoms in total. The SMILES string of the molecule is CCOC(=O)c1cc2nc(CC3CCC(C)CC3)cc(O)n2n1. The van der Waals surface area contributed by atoms with Gasteiger partial charge in [0.05, 0.1) is 6.61 Å². The highest BCUT2D eigenvalue weighted by atomic mass is 16.5. The molecular formula is C17H23N3O3. The van der Waals surface area contributed by atoms with Gasteiger partial charge in [0.25, 0.3) is 0 Å². The van der Waals surface area contributed by atoms with E-state index < -0.39 is 5.97 Å². The third-order valence-corrected chi connectivity index (χ3v) is 4.58. The van der Waals surface area contributed by atoms with Gasteiger partial charge in [-0.3, -0.25) is 0 Å². The van der Waals surface area contributed by atoms with Crippen LogP contribution in [0, 0.1) is 11.8 Å². The molecule has 2 heterocycles. The molecule has 6 heteroatoms. The van der Waals surface area contributed by atoms with Gasteiger partial charge in [0.1, 0.15) is 0 Å². The molecule has 0 aliphatic heterocycles. The van der Waals surface area contributed by atoms with Gasteiger partial charge in [0.15, 0.2) is 11.3 Å². The van der Waals surface area contributed by atoms with Gasteiger partial charge >= 0.3 is 5.97 Å². The van der Waals surface area contributed by atoms with Gasteiger partial charge in [-0.1, -0.05) is 19.8 Å². The highest BCUT2D eigenvalue weighted by Crippen LogP contribution is 2.30. The molecule has 1 aliphatic carbocycles. The average Bonchev–Trinajstić information content (AvgIpc) is 2.95. The molecule has 2 aromatic rings. The number of aromatic hydroxyl groups is 1. The van der Waals surface area contributed by atoms with E-state index in [0.717, 1.165) is 18.0 Å². The predicted molar refractivity (Wildman–Crippen MR) is 85.4 cm³/mol. The van der Waals surface area contributed by atoms with Crippen LogP contribution in [0.2, 0.25) is 0 Å². The summed E-state index contributed by atoms with van der Waals surface area (Å²) in [5.41, 5.74) is 1.50. The minimum atomic E-state index is -0.500. The Bertz CT molecular complexity index is 702. The van der Waals surface area contributed by atoms with Gasteiger partial charge < -0.3 is 9.84 Å². The molecule has 23 heavy (non-hydrogen) atoms. The van der Waals surface area contributed by atoms with E-state index in [0.29, 0.717) is 11.6 Å². The summed E-state index contributed by atoms with van der Waals surface area (Å²) in [5.74, 6) is 0.940. The molecule has 0 spiro atoms. The fraction of sp³-hybridized carbons (Fsp3) is 0.588. The van der Waals surface area contributed by atoms with Crippen molar-refractivity contribution in [2.24, 2.45) is 11.8 Å². The first-order valence-corrected chi connectivity index (χ1v) is 8.32. The van der Waals surface area contributed by atoms with Crippen LogP contribution in [-0.4, -0.2) is 32.3 Å². The van der Waals surface area contributed by atoms with Gasteiger partial charge in [0.2, 0.25) is 5.88 Å². The molecule has 0 aromatic carbocycles. The number of rotatable bonds is 4. The van der Waals surface area contributed by atoms with Gasteiger partial charge in [-0.05, 0) is 38.0 Å². The smallest absolute Gasteiger partial charge is 0.358 e. The maximum atomic E-state index is 11.8. The van der Waals surface area contributed by atoms with E-state index in [9.17, 15) is 9.90 Å². The standard InChI is InChI=1S/C17H23N3O3/c1-3-23-17(22)14-10-15-18-13(9-16(21)20(15)19-14)8-12-6-4-11(2)5-7-12/h9-12,21H,3-8H2,1-2H3. The van der Waals surface area contributed by atoms with E-state index in [-0.39, 0.29) is 18.2 Å². The average molecular weight is 317 g/mol. The maximum Gasteiger partial charge on any atom is 0.358 e. The zero-order valence-electron chi connectivity index (χ0n) is 13.7. The summed E-state index contributed by atoms with van der Waals surface area (Å²) in [7, 11) is 0. The zero-order valence-corrected chi connectivity index (χ0v) is 13.7. The molecule has 1 aliphatic rings. The lowest BCUT2D eigenvalue weighted by Crippen LogP contribution is -2.15. The molecule has 1 N–H and O–H groups in total. The van der Waals surface area contributed by atoms with Crippen LogP contribution in [0.1, 0.15) is 55.7 Å². The van der Waals surface area contributed by atoms with Crippen molar-refractivity contribution in [2.45, 2.75) is 46.0 Å². The van der Waals surface area contributed by atoms with E-state index in [1.54, 1.807) is 19.1 Å². The second kappa shape index (κ2) is 6.56. The molecule has 0 bridgehead atoms. The van der Waals surface area contributed by atoms with Gasteiger partial charge in [-0.15, -0.1) is 0 Å². The minimum Gasteiger partial charge on any atom is -0.493 e. The second-order valence-electron chi connectivity index (χ2n) is 6.46. The maximum absolute atomic E-state index is 11.8. The monoisotopic (exact) mass is 317 g/mol. The Labute approximate surface area is 135 Å². The van der Waals surface area contributed by atoms with Crippen molar-refractivity contribution in [2.75, 3.05) is 6.61 Å². The topological polar surface area (TPSA) is 76.7 Å². The first-order valence-electron chi connectivity index (χ1n) is 8.32. The Hall–Kier alpha value is -2.11. The Balaban J connectivity index is 1.81. The summed E-state index contributed by atoms with van der Waals surface area (Å²) in [6, 6.07) is 3.21. The molecule has 1 fully saturated rings. The fourth-order valence-electron chi connectivity index (χ4n) is 3.25. The highest BCUT2D eigenvalue weighted by Gasteiger charge is 2.20. The van der Waals surface area contributed by atoms with Crippen LogP contribution in [0.3, 0.4) is 0 Å². The minimum absolute atomic E-state index is 0.00438. The molecule has 2 aromatic heterocycles. The Morgan fingerprint density at radius 2 is 2.09 bits per heavy atom. The Morgan fingerprint density at radius 1 is 1.35 bits per heavy atom. The van der Waals surface area contributed by atoms with Crippen LogP contribution in [-0.2, 0) is 11.2 Å². The number of fused-ring (bicyclic) bond motifs is 1. The summed E-state index contributed by atoms with van der Waals surface area (Å²) >= 11 is 0. The Morgan fingerprint density at radius 3 is 2.78 bits per heavy atom. The van der Waals surface area contributed by atoms with Crippen LogP contribution < -0.4 is 0 Å². The molecule has 0 atom stereocenters. The lowest BCUT2D eigenvalue weighted by atomic mass is 9.81. The highest BCUT2D eigenvalue weighted by molar-refractivity contribution is 5.88. The molecule has 0 radical (unpaired) electrons. The first-order chi connectivity index (χ1) is 11.1. The van der Waals surface area contributed by atoms with Crippen LogP contribution in [0.15, 0.2) is 12.1 Å². The number of ether oxygens (including phenoxy) is 1. The lowest BCUT2D eigenvalue weighted by molar-refractivity contribution is 0.0519. The number of carbonyl (C=O) groups excluding carboxylic acids is 1. The fourth-order valence-corrected chi connectivity index (χ4v) is 3.25. The van der Waals surface area contributed by atoms with Crippen molar-refractivity contribution >= 4 is 11.6 Å². The van der Waals surface area contributed by atoms with Crippen LogP contribution in [0.25, 0.3) is 5.65 Å². The molecule has 1 saturated carbocycles. The number of esters is 1. The van der Waals surface area contributed by atoms with E-state index >= 15 is 0 Å². The molecule has 0 amide bonds. The summed E-state index contributed by atoms with van der Waals surface area (Å²) in [6.45, 7) is 4.33. The van der Waals surface area contributed by atoms with Crippen molar-refractivity contribution in [1.29, 1.82) is 0 Å². The molecule has 0 saturated heterocycles. The number of hydrogen-bond acceptors (Lipinski definition) is 5. The molecule has 124 valence electrons. The molecule has 3 rings (SSSR count). The van der Waals surface area contributed by atoms with Gasteiger partial charge in [-0.25, -0.2) is 9.78 Å². The van der Waals surface area contributed by atoms with E-state index in [4.69, 9.17) is 4.74 Å². The summed E-state index contributed by atoms with van der Waals surface area (Å²) < 4.78 is 6.21. The molecular weight excluding hydrogens is 294 g/mol. The van der Waals surface area contributed by atoms with Gasteiger partial charge in [0, 0.05) is 17.8 Å². The third-order valence-electron chi connectivity index (χ3n) is 4.58. The predicted octanol–water partition coefficient (Wildman–Crippen LogP) is 2.98. The van der Waals surface area contributed by atoms with Crippen molar-refractivity contribution in [1.82, 2.24) is 14.6 Å². The van der Waals surface area contributed by atoms with Gasteiger partial charge in [-0.2, -0.15) is 9.61 Å². The first kappa shape index (κ1) is 15.8. The number of nitrogens with zero attached hydrogens (tertiary/aromatic N) is 3. The Kier molecular flexibility index (Phi) is 4.50. The second-order valence-corrected chi connectivity index (χ2v) is 6.46. The molecule has 0 unspecified atom stereocenters. The van der Waals surface area contributed by atoms with Crippen LogP contribution in [0.5, 0.6) is 5.88 Å². The number of aromatic nitrogens is 3. The largest absolute Gasteiger partial charge is 0.493 e. The van der Waals surface area contributed by atoms with E-state index in [2.05, 4.69) is 17.0 Å². The van der Waals surface area contributed by atoms with E-state index in [1.807, 2.05) is 0 Å². The normalized spacial score (nSPS) is 21.5. The van der Waals surface area contributed by atoms with Crippen molar-refractivity contribution in [3.63, 3.8) is 0 Å².